The molecular formula is C8H12O2. The van der Waals surface area contributed by atoms with E-state index in [1.54, 1.807) is 0 Å². The van der Waals surface area contributed by atoms with Crippen LogP contribution in [0.3, 0.4) is 0 Å². The number of hydrogen-bond donors (Lipinski definition) is 1. The van der Waals surface area contributed by atoms with E-state index in [9.17, 15) is 0 Å². The molecule has 0 bridgehead atoms. The van der Waals surface area contributed by atoms with Crippen molar-refractivity contribution in [3.63, 3.8) is 0 Å². The number of aliphatic hydroxyl groups is 1. The highest BCUT2D eigenvalue weighted by Gasteiger charge is 1.74. The third-order valence-electron chi connectivity index (χ3n) is 0.828. The Hall–Kier alpha value is -0.780. The highest BCUT2D eigenvalue weighted by molar-refractivity contribution is 4.98. The minimum atomic E-state index is -0.0903. The van der Waals surface area contributed by atoms with Gasteiger partial charge in [-0.1, -0.05) is 24.0 Å². The van der Waals surface area contributed by atoms with Crippen LogP contribution in [0.25, 0.3) is 0 Å². The summed E-state index contributed by atoms with van der Waals surface area (Å²) in [5, 5.41) is 8.23. The molecule has 0 amide bonds. The molecule has 0 atom stereocenters. The van der Waals surface area contributed by atoms with Crippen molar-refractivity contribution in [3.8, 4) is 11.8 Å². The Morgan fingerprint density at radius 3 is 2.90 bits per heavy atom. The van der Waals surface area contributed by atoms with E-state index in [1.807, 2.05) is 19.1 Å². The smallest absolute Gasteiger partial charge is 0.108 e. The van der Waals surface area contributed by atoms with Crippen LogP contribution in [0.1, 0.15) is 6.92 Å². The zero-order chi connectivity index (χ0) is 7.66. The lowest BCUT2D eigenvalue weighted by atomic mass is 10.5. The minimum absolute atomic E-state index is 0.0903. The fraction of sp³-hybridized carbons (Fsp3) is 0.500. The molecule has 0 heterocycles. The number of aliphatic hydroxyl groups excluding tert-OH is 1. The molecule has 0 radical (unpaired) electrons. The zero-order valence-electron chi connectivity index (χ0n) is 6.13. The van der Waals surface area contributed by atoms with Crippen molar-refractivity contribution in [2.75, 3.05) is 19.8 Å². The van der Waals surface area contributed by atoms with Crippen LogP contribution in [-0.2, 0) is 4.74 Å². The number of rotatable bonds is 3. The van der Waals surface area contributed by atoms with Crippen LogP contribution in [0.5, 0.6) is 0 Å². The summed E-state index contributed by atoms with van der Waals surface area (Å²) in [5.74, 6) is 5.12. The molecule has 0 saturated carbocycles. The maximum atomic E-state index is 8.23. The van der Waals surface area contributed by atoms with Crippen LogP contribution in [0.15, 0.2) is 12.2 Å². The Bertz CT molecular complexity index is 139. The molecule has 56 valence electrons. The second-order valence-corrected chi connectivity index (χ2v) is 1.60. The molecule has 0 aromatic heterocycles. The van der Waals surface area contributed by atoms with Crippen molar-refractivity contribution in [2.45, 2.75) is 6.92 Å². The van der Waals surface area contributed by atoms with Crippen LogP contribution in [0.2, 0.25) is 0 Å². The molecule has 2 heteroatoms. The van der Waals surface area contributed by atoms with Crippen molar-refractivity contribution >= 4 is 0 Å². The van der Waals surface area contributed by atoms with Crippen molar-refractivity contribution < 1.29 is 9.84 Å². The molecule has 0 saturated heterocycles. The standard InChI is InChI=1S/C8H12O2/c1-2-3-7-10-8-5-4-6-9/h2-3,9H,6-8H2,1H3/b3-2+. The Morgan fingerprint density at radius 1 is 1.50 bits per heavy atom. The molecule has 0 aliphatic rings. The Kier molecular flexibility index (Phi) is 7.58. The van der Waals surface area contributed by atoms with Gasteiger partial charge in [-0.2, -0.15) is 0 Å². The molecule has 0 spiro atoms. The summed E-state index contributed by atoms with van der Waals surface area (Å²) < 4.78 is 5.00. The van der Waals surface area contributed by atoms with Crippen molar-refractivity contribution in [3.05, 3.63) is 12.2 Å². The van der Waals surface area contributed by atoms with Gasteiger partial charge in [0.05, 0.1) is 6.61 Å². The van der Waals surface area contributed by atoms with Gasteiger partial charge in [-0.15, -0.1) is 0 Å². The molecule has 0 rings (SSSR count). The van der Waals surface area contributed by atoms with Gasteiger partial charge in [0.25, 0.3) is 0 Å². The fourth-order valence-electron chi connectivity index (χ4n) is 0.381. The van der Waals surface area contributed by atoms with Gasteiger partial charge in [0, 0.05) is 0 Å². The predicted molar refractivity (Wildman–Crippen MR) is 40.5 cm³/mol. The van der Waals surface area contributed by atoms with E-state index in [-0.39, 0.29) is 6.61 Å². The Balaban J connectivity index is 3.04. The molecule has 2 nitrogen and oxygen atoms in total. The fourth-order valence-corrected chi connectivity index (χ4v) is 0.381. The Morgan fingerprint density at radius 2 is 2.30 bits per heavy atom. The molecule has 0 aromatic carbocycles. The minimum Gasteiger partial charge on any atom is -0.384 e. The van der Waals surface area contributed by atoms with Gasteiger partial charge in [-0.25, -0.2) is 0 Å². The first-order valence-corrected chi connectivity index (χ1v) is 3.17. The van der Waals surface area contributed by atoms with Crippen LogP contribution in [0.4, 0.5) is 0 Å². The topological polar surface area (TPSA) is 29.5 Å². The highest BCUT2D eigenvalue weighted by atomic mass is 16.5. The molecule has 0 aromatic rings. The maximum Gasteiger partial charge on any atom is 0.108 e. The average Bonchev–Trinajstić information content (AvgIpc) is 1.97. The van der Waals surface area contributed by atoms with Gasteiger partial charge in [0.2, 0.25) is 0 Å². The lowest BCUT2D eigenvalue weighted by Crippen LogP contribution is -1.90. The summed E-state index contributed by atoms with van der Waals surface area (Å²) in [5.41, 5.74) is 0. The van der Waals surface area contributed by atoms with E-state index in [2.05, 4.69) is 11.8 Å². The molecule has 0 aliphatic heterocycles. The van der Waals surface area contributed by atoms with E-state index >= 15 is 0 Å². The monoisotopic (exact) mass is 140 g/mol. The summed E-state index contributed by atoms with van der Waals surface area (Å²) in [6, 6.07) is 0. The second kappa shape index (κ2) is 8.22. The van der Waals surface area contributed by atoms with E-state index in [0.29, 0.717) is 13.2 Å². The van der Waals surface area contributed by atoms with Gasteiger partial charge in [-0.3, -0.25) is 0 Å². The first-order valence-electron chi connectivity index (χ1n) is 3.17. The summed E-state index contributed by atoms with van der Waals surface area (Å²) in [4.78, 5) is 0. The summed E-state index contributed by atoms with van der Waals surface area (Å²) >= 11 is 0. The first-order chi connectivity index (χ1) is 4.91. The van der Waals surface area contributed by atoms with Gasteiger partial charge >= 0.3 is 0 Å². The summed E-state index contributed by atoms with van der Waals surface area (Å²) in [6.45, 7) is 2.83. The van der Waals surface area contributed by atoms with E-state index in [4.69, 9.17) is 9.84 Å². The second-order valence-electron chi connectivity index (χ2n) is 1.60. The molecule has 1 N–H and O–H groups in total. The molecule has 10 heavy (non-hydrogen) atoms. The number of ether oxygens (including phenoxy) is 1. The lowest BCUT2D eigenvalue weighted by molar-refractivity contribution is 0.199. The van der Waals surface area contributed by atoms with Crippen molar-refractivity contribution in [1.82, 2.24) is 0 Å². The van der Waals surface area contributed by atoms with Crippen molar-refractivity contribution in [2.24, 2.45) is 0 Å². The normalized spacial score (nSPS) is 9.40. The van der Waals surface area contributed by atoms with Crippen LogP contribution in [-0.4, -0.2) is 24.9 Å². The lowest BCUT2D eigenvalue weighted by Gasteiger charge is -1.90. The molecule has 0 aliphatic carbocycles. The van der Waals surface area contributed by atoms with E-state index in [0.717, 1.165) is 0 Å². The maximum absolute atomic E-state index is 8.23. The molecule has 0 unspecified atom stereocenters. The van der Waals surface area contributed by atoms with Crippen LogP contribution in [0, 0.1) is 11.8 Å². The predicted octanol–water partition coefficient (Wildman–Crippen LogP) is 0.575. The van der Waals surface area contributed by atoms with Gasteiger partial charge in [0.1, 0.15) is 13.2 Å². The van der Waals surface area contributed by atoms with Crippen LogP contribution < -0.4 is 0 Å². The quantitative estimate of drug-likeness (QED) is 0.353. The zero-order valence-corrected chi connectivity index (χ0v) is 6.13. The van der Waals surface area contributed by atoms with Crippen LogP contribution >= 0.6 is 0 Å². The summed E-state index contributed by atoms with van der Waals surface area (Å²) in [6.07, 6.45) is 3.82. The largest absolute Gasteiger partial charge is 0.384 e. The first kappa shape index (κ1) is 9.22. The van der Waals surface area contributed by atoms with E-state index in [1.165, 1.54) is 0 Å². The molecular weight excluding hydrogens is 128 g/mol. The van der Waals surface area contributed by atoms with Gasteiger partial charge < -0.3 is 9.84 Å². The molecule has 0 fully saturated rings. The van der Waals surface area contributed by atoms with E-state index < -0.39 is 0 Å². The summed E-state index contributed by atoms with van der Waals surface area (Å²) in [7, 11) is 0. The highest BCUT2D eigenvalue weighted by Crippen LogP contribution is 1.74. The van der Waals surface area contributed by atoms with Gasteiger partial charge in [-0.05, 0) is 6.92 Å². The number of hydrogen-bond acceptors (Lipinski definition) is 2. The Labute approximate surface area is 61.5 Å². The SMILES string of the molecule is C/C=C/COCC#CCO. The average molecular weight is 140 g/mol. The third-order valence-corrected chi connectivity index (χ3v) is 0.828. The third kappa shape index (κ3) is 7.22. The van der Waals surface area contributed by atoms with Gasteiger partial charge in [0.15, 0.2) is 0 Å². The van der Waals surface area contributed by atoms with Crippen molar-refractivity contribution in [1.29, 1.82) is 0 Å². The number of allylic oxidation sites excluding steroid dienone is 1.